The zero-order valence-electron chi connectivity index (χ0n) is 10.7. The van der Waals surface area contributed by atoms with Crippen LogP contribution < -0.4 is 5.32 Å². The molecule has 0 saturated carbocycles. The molecule has 17 heavy (non-hydrogen) atoms. The molecule has 1 rings (SSSR count). The zero-order chi connectivity index (χ0) is 13.0. The second-order valence-electron chi connectivity index (χ2n) is 4.48. The molecule has 3 nitrogen and oxygen atoms in total. The first kappa shape index (κ1) is 13.6. The number of halogens is 1. The van der Waals surface area contributed by atoms with Crippen molar-refractivity contribution in [1.29, 1.82) is 0 Å². The number of rotatable bonds is 4. The van der Waals surface area contributed by atoms with Gasteiger partial charge in [-0.15, -0.1) is 0 Å². The van der Waals surface area contributed by atoms with Crippen LogP contribution in [0.4, 0.5) is 4.39 Å². The SMILES string of the molecule is Cc1cc(F)ccc1C(=O)NCC(C)N(C)C. The number of carbonyl (C=O) groups excluding carboxylic acids is 1. The molecule has 1 atom stereocenters. The maximum absolute atomic E-state index is 12.9. The van der Waals surface area contributed by atoms with Crippen LogP contribution in [0.25, 0.3) is 0 Å². The second-order valence-corrected chi connectivity index (χ2v) is 4.48. The number of nitrogens with zero attached hydrogens (tertiary/aromatic N) is 1. The maximum Gasteiger partial charge on any atom is 0.251 e. The largest absolute Gasteiger partial charge is 0.350 e. The molecule has 1 unspecified atom stereocenters. The molecule has 0 aromatic heterocycles. The summed E-state index contributed by atoms with van der Waals surface area (Å²) in [6.07, 6.45) is 0. The van der Waals surface area contributed by atoms with E-state index in [1.165, 1.54) is 18.2 Å². The van der Waals surface area contributed by atoms with Gasteiger partial charge in [0.1, 0.15) is 5.82 Å². The third-order valence-electron chi connectivity index (χ3n) is 2.87. The fourth-order valence-corrected chi connectivity index (χ4v) is 1.40. The lowest BCUT2D eigenvalue weighted by Gasteiger charge is -2.20. The van der Waals surface area contributed by atoms with Gasteiger partial charge in [-0.2, -0.15) is 0 Å². The van der Waals surface area contributed by atoms with E-state index >= 15 is 0 Å². The molecule has 0 bridgehead atoms. The molecule has 0 saturated heterocycles. The van der Waals surface area contributed by atoms with Gasteiger partial charge in [0, 0.05) is 18.2 Å². The van der Waals surface area contributed by atoms with E-state index in [-0.39, 0.29) is 17.8 Å². The van der Waals surface area contributed by atoms with Crippen LogP contribution in [0.3, 0.4) is 0 Å². The average Bonchev–Trinajstić information content (AvgIpc) is 2.25. The zero-order valence-corrected chi connectivity index (χ0v) is 10.7. The third kappa shape index (κ3) is 3.82. The number of nitrogens with one attached hydrogen (secondary N) is 1. The van der Waals surface area contributed by atoms with Crippen molar-refractivity contribution in [2.45, 2.75) is 19.9 Å². The van der Waals surface area contributed by atoms with Crippen molar-refractivity contribution in [1.82, 2.24) is 10.2 Å². The van der Waals surface area contributed by atoms with Crippen LogP contribution in [0.2, 0.25) is 0 Å². The number of carbonyl (C=O) groups is 1. The number of hydrogen-bond donors (Lipinski definition) is 1. The van der Waals surface area contributed by atoms with Crippen molar-refractivity contribution in [2.75, 3.05) is 20.6 Å². The first-order chi connectivity index (χ1) is 7.91. The lowest BCUT2D eigenvalue weighted by atomic mass is 10.1. The van der Waals surface area contributed by atoms with Crippen molar-refractivity contribution in [3.8, 4) is 0 Å². The molecule has 0 aliphatic heterocycles. The maximum atomic E-state index is 12.9. The summed E-state index contributed by atoms with van der Waals surface area (Å²) in [6.45, 7) is 4.33. The van der Waals surface area contributed by atoms with Gasteiger partial charge in [-0.05, 0) is 51.7 Å². The Bertz CT molecular complexity index is 404. The molecule has 0 heterocycles. The Morgan fingerprint density at radius 3 is 2.65 bits per heavy atom. The lowest BCUT2D eigenvalue weighted by Crippen LogP contribution is -2.38. The molecular formula is C13H19FN2O. The number of hydrogen-bond acceptors (Lipinski definition) is 2. The Morgan fingerprint density at radius 1 is 1.47 bits per heavy atom. The van der Waals surface area contributed by atoms with Gasteiger partial charge in [-0.25, -0.2) is 4.39 Å². The van der Waals surface area contributed by atoms with Crippen LogP contribution in [0.1, 0.15) is 22.8 Å². The van der Waals surface area contributed by atoms with Crippen LogP contribution >= 0.6 is 0 Å². The van der Waals surface area contributed by atoms with Crippen molar-refractivity contribution in [3.05, 3.63) is 35.1 Å². The van der Waals surface area contributed by atoms with Gasteiger partial charge < -0.3 is 10.2 Å². The highest BCUT2D eigenvalue weighted by molar-refractivity contribution is 5.95. The van der Waals surface area contributed by atoms with Crippen molar-refractivity contribution in [3.63, 3.8) is 0 Å². The Morgan fingerprint density at radius 2 is 2.12 bits per heavy atom. The Hall–Kier alpha value is -1.42. The van der Waals surface area contributed by atoms with Gasteiger partial charge >= 0.3 is 0 Å². The summed E-state index contributed by atoms with van der Waals surface area (Å²) in [7, 11) is 3.92. The Balaban J connectivity index is 2.64. The quantitative estimate of drug-likeness (QED) is 0.867. The van der Waals surface area contributed by atoms with Crippen LogP contribution in [0.15, 0.2) is 18.2 Å². The molecule has 1 N–H and O–H groups in total. The van der Waals surface area contributed by atoms with Gasteiger partial charge in [0.05, 0.1) is 0 Å². The fraction of sp³-hybridized carbons (Fsp3) is 0.462. The molecule has 94 valence electrons. The predicted octanol–water partition coefficient (Wildman–Crippen LogP) is 1.81. The first-order valence-electron chi connectivity index (χ1n) is 5.62. The minimum absolute atomic E-state index is 0.156. The molecule has 0 fully saturated rings. The minimum Gasteiger partial charge on any atom is -0.350 e. The van der Waals surface area contributed by atoms with E-state index in [0.717, 1.165) is 0 Å². The Kier molecular flexibility index (Phi) is 4.63. The monoisotopic (exact) mass is 238 g/mol. The molecule has 1 aromatic carbocycles. The standard InChI is InChI=1S/C13H19FN2O/c1-9-7-11(14)5-6-12(9)13(17)15-8-10(2)16(3)4/h5-7,10H,8H2,1-4H3,(H,15,17). The molecule has 1 aromatic rings. The van der Waals surface area contributed by atoms with Gasteiger partial charge in [-0.1, -0.05) is 0 Å². The number of likely N-dealkylation sites (N-methyl/N-ethyl adjacent to an activating group) is 1. The smallest absolute Gasteiger partial charge is 0.251 e. The summed E-state index contributed by atoms with van der Waals surface area (Å²) >= 11 is 0. The van der Waals surface area contributed by atoms with Crippen LogP contribution in [-0.4, -0.2) is 37.5 Å². The molecule has 0 spiro atoms. The summed E-state index contributed by atoms with van der Waals surface area (Å²) < 4.78 is 12.9. The molecule has 4 heteroatoms. The average molecular weight is 238 g/mol. The summed E-state index contributed by atoms with van der Waals surface area (Å²) in [6, 6.07) is 4.45. The predicted molar refractivity (Wildman–Crippen MR) is 66.6 cm³/mol. The van der Waals surface area contributed by atoms with Gasteiger partial charge in [0.15, 0.2) is 0 Å². The molecule has 1 amide bonds. The van der Waals surface area contributed by atoms with Crippen molar-refractivity contribution in [2.24, 2.45) is 0 Å². The van der Waals surface area contributed by atoms with Crippen molar-refractivity contribution < 1.29 is 9.18 Å². The number of amides is 1. The highest BCUT2D eigenvalue weighted by atomic mass is 19.1. The van der Waals surface area contributed by atoms with Crippen molar-refractivity contribution >= 4 is 5.91 Å². The van der Waals surface area contributed by atoms with E-state index in [9.17, 15) is 9.18 Å². The summed E-state index contributed by atoms with van der Waals surface area (Å²) in [5, 5.41) is 2.84. The number of aryl methyl sites for hydroxylation is 1. The van der Waals surface area contributed by atoms with E-state index in [4.69, 9.17) is 0 Å². The topological polar surface area (TPSA) is 32.3 Å². The second kappa shape index (κ2) is 5.77. The van der Waals surface area contributed by atoms with Gasteiger partial charge in [0.25, 0.3) is 5.91 Å². The number of benzene rings is 1. The normalized spacial score (nSPS) is 12.6. The molecule has 0 aliphatic carbocycles. The summed E-state index contributed by atoms with van der Waals surface area (Å²) in [4.78, 5) is 13.9. The molecule has 0 aliphatic rings. The van der Waals surface area contributed by atoms with E-state index in [2.05, 4.69) is 5.32 Å². The van der Waals surface area contributed by atoms with Gasteiger partial charge in [0.2, 0.25) is 0 Å². The Labute approximate surface area is 102 Å². The highest BCUT2D eigenvalue weighted by Gasteiger charge is 2.11. The lowest BCUT2D eigenvalue weighted by molar-refractivity contribution is 0.0943. The van der Waals surface area contributed by atoms with E-state index in [1.807, 2.05) is 25.9 Å². The summed E-state index contributed by atoms with van der Waals surface area (Å²) in [5.41, 5.74) is 1.18. The van der Waals surface area contributed by atoms with E-state index < -0.39 is 0 Å². The highest BCUT2D eigenvalue weighted by Crippen LogP contribution is 2.09. The third-order valence-corrected chi connectivity index (χ3v) is 2.87. The van der Waals surface area contributed by atoms with Crippen LogP contribution in [-0.2, 0) is 0 Å². The van der Waals surface area contributed by atoms with E-state index in [0.29, 0.717) is 17.7 Å². The molecule has 0 radical (unpaired) electrons. The summed E-state index contributed by atoms with van der Waals surface area (Å²) in [5.74, 6) is -0.475. The minimum atomic E-state index is -0.319. The van der Waals surface area contributed by atoms with E-state index in [1.54, 1.807) is 6.92 Å². The fourth-order valence-electron chi connectivity index (χ4n) is 1.40. The molecular weight excluding hydrogens is 219 g/mol. The van der Waals surface area contributed by atoms with Crippen LogP contribution in [0.5, 0.6) is 0 Å². The van der Waals surface area contributed by atoms with Crippen LogP contribution in [0, 0.1) is 12.7 Å². The van der Waals surface area contributed by atoms with Gasteiger partial charge in [-0.3, -0.25) is 4.79 Å². The first-order valence-corrected chi connectivity index (χ1v) is 5.62.